The molecular weight excluding hydrogens is 232 g/mol. The minimum atomic E-state index is -0.380. The molecule has 0 aromatic heterocycles. The van der Waals surface area contributed by atoms with Gasteiger partial charge in [0.05, 0.1) is 4.92 Å². The third-order valence-electron chi connectivity index (χ3n) is 3.25. The second-order valence-corrected chi connectivity index (χ2v) is 4.60. The van der Waals surface area contributed by atoms with Crippen LogP contribution in [-0.2, 0) is 17.6 Å². The number of amides is 1. The molecule has 0 atom stereocenters. The fourth-order valence-corrected chi connectivity index (χ4v) is 2.48. The number of benzene rings is 1. The first-order chi connectivity index (χ1) is 8.59. The van der Waals surface area contributed by atoms with Gasteiger partial charge in [-0.05, 0) is 37.3 Å². The minimum Gasteiger partial charge on any atom is -0.321 e. The fraction of sp³-hybridized carbons (Fsp3) is 0.462. The molecule has 1 amide bonds. The van der Waals surface area contributed by atoms with Gasteiger partial charge in [-0.15, -0.1) is 0 Å². The Balaban J connectivity index is 2.53. The number of aryl methyl sites for hydroxylation is 1. The van der Waals surface area contributed by atoms with E-state index in [0.29, 0.717) is 5.69 Å². The van der Waals surface area contributed by atoms with Crippen LogP contribution < -0.4 is 5.32 Å². The molecule has 0 heterocycles. The largest absolute Gasteiger partial charge is 0.321 e. The zero-order valence-electron chi connectivity index (χ0n) is 10.4. The van der Waals surface area contributed by atoms with Crippen molar-refractivity contribution in [2.24, 2.45) is 0 Å². The first-order valence-corrected chi connectivity index (χ1v) is 6.16. The van der Waals surface area contributed by atoms with E-state index < -0.39 is 0 Å². The van der Waals surface area contributed by atoms with E-state index in [9.17, 15) is 14.9 Å². The zero-order valence-corrected chi connectivity index (χ0v) is 10.4. The van der Waals surface area contributed by atoms with E-state index >= 15 is 0 Å². The van der Waals surface area contributed by atoms with Gasteiger partial charge in [0.2, 0.25) is 5.91 Å². The number of fused-ring (bicyclic) bond motifs is 1. The monoisotopic (exact) mass is 248 g/mol. The number of nitro groups is 1. The molecule has 96 valence electrons. The summed E-state index contributed by atoms with van der Waals surface area (Å²) in [6.07, 6.45) is 4.75. The quantitative estimate of drug-likeness (QED) is 0.497. The van der Waals surface area contributed by atoms with Crippen LogP contribution in [0, 0.1) is 10.1 Å². The Morgan fingerprint density at radius 1 is 1.28 bits per heavy atom. The topological polar surface area (TPSA) is 72.2 Å². The summed E-state index contributed by atoms with van der Waals surface area (Å²) in [5.41, 5.74) is 2.23. The lowest BCUT2D eigenvalue weighted by Crippen LogP contribution is -2.10. The summed E-state index contributed by atoms with van der Waals surface area (Å²) < 4.78 is 0. The van der Waals surface area contributed by atoms with Crippen LogP contribution in [0.25, 0.3) is 0 Å². The summed E-state index contributed by atoms with van der Waals surface area (Å²) in [7, 11) is 0. The second kappa shape index (κ2) is 5.16. The van der Waals surface area contributed by atoms with Crippen LogP contribution in [0.3, 0.4) is 0 Å². The Kier molecular flexibility index (Phi) is 3.60. The highest BCUT2D eigenvalue weighted by molar-refractivity contribution is 5.92. The first-order valence-electron chi connectivity index (χ1n) is 6.16. The van der Waals surface area contributed by atoms with Crippen LogP contribution in [0.4, 0.5) is 11.4 Å². The van der Waals surface area contributed by atoms with Gasteiger partial charge >= 0.3 is 0 Å². The molecule has 1 aliphatic rings. The number of nitrogens with zero attached hydrogens (tertiary/aromatic N) is 1. The average molecular weight is 248 g/mol. The van der Waals surface area contributed by atoms with Gasteiger partial charge in [0.1, 0.15) is 5.69 Å². The molecule has 0 spiro atoms. The molecule has 2 rings (SSSR count). The first kappa shape index (κ1) is 12.5. The van der Waals surface area contributed by atoms with Crippen molar-refractivity contribution >= 4 is 17.3 Å². The molecule has 0 fully saturated rings. The highest BCUT2D eigenvalue weighted by Gasteiger charge is 2.24. The van der Waals surface area contributed by atoms with E-state index in [0.717, 1.165) is 43.2 Å². The summed E-state index contributed by atoms with van der Waals surface area (Å²) >= 11 is 0. The predicted molar refractivity (Wildman–Crippen MR) is 68.7 cm³/mol. The molecule has 5 heteroatoms. The van der Waals surface area contributed by atoms with Crippen LogP contribution >= 0.6 is 0 Å². The van der Waals surface area contributed by atoms with Crippen molar-refractivity contribution in [3.63, 3.8) is 0 Å². The number of carbonyl (C=O) groups is 1. The summed E-state index contributed by atoms with van der Waals surface area (Å²) in [6, 6.07) is 3.54. The number of rotatable bonds is 2. The Bertz CT molecular complexity index is 497. The Morgan fingerprint density at radius 3 is 2.67 bits per heavy atom. The van der Waals surface area contributed by atoms with Crippen molar-refractivity contribution in [2.45, 2.75) is 39.0 Å². The van der Waals surface area contributed by atoms with Crippen molar-refractivity contribution < 1.29 is 9.72 Å². The number of hydrogen-bond acceptors (Lipinski definition) is 3. The third-order valence-corrected chi connectivity index (χ3v) is 3.25. The van der Waals surface area contributed by atoms with E-state index in [1.165, 1.54) is 6.92 Å². The van der Waals surface area contributed by atoms with E-state index in [4.69, 9.17) is 0 Å². The molecule has 0 radical (unpaired) electrons. The lowest BCUT2D eigenvalue weighted by Gasteiger charge is -2.10. The van der Waals surface area contributed by atoms with E-state index in [1.807, 2.05) is 6.07 Å². The standard InChI is InChI=1S/C13H16N2O3/c1-9(16)14-12-8-7-10-5-3-2-4-6-11(10)13(12)15(17)18/h7-8H,2-6H2,1H3,(H,14,16). The Hall–Kier alpha value is -1.91. The molecule has 1 aromatic rings. The summed E-state index contributed by atoms with van der Waals surface area (Å²) in [6.45, 7) is 1.36. The summed E-state index contributed by atoms with van der Waals surface area (Å²) in [5.74, 6) is -0.285. The molecular formula is C13H16N2O3. The van der Waals surface area contributed by atoms with Crippen molar-refractivity contribution in [2.75, 3.05) is 5.32 Å². The SMILES string of the molecule is CC(=O)Nc1ccc2c(c1[N+](=O)[O-])CCCCC2. The van der Waals surface area contributed by atoms with Gasteiger partial charge in [-0.1, -0.05) is 12.5 Å². The van der Waals surface area contributed by atoms with E-state index in [1.54, 1.807) is 6.07 Å². The van der Waals surface area contributed by atoms with Crippen molar-refractivity contribution in [3.8, 4) is 0 Å². The molecule has 0 bridgehead atoms. The zero-order chi connectivity index (χ0) is 13.1. The predicted octanol–water partition coefficient (Wildman–Crippen LogP) is 2.82. The number of nitrogens with one attached hydrogen (secondary N) is 1. The van der Waals surface area contributed by atoms with Crippen LogP contribution in [0.1, 0.15) is 37.3 Å². The van der Waals surface area contributed by atoms with Crippen LogP contribution in [0.2, 0.25) is 0 Å². The average Bonchev–Trinajstić information content (AvgIpc) is 2.52. The number of anilines is 1. The smallest absolute Gasteiger partial charge is 0.296 e. The molecule has 0 aliphatic heterocycles. The van der Waals surface area contributed by atoms with Gasteiger partial charge in [0, 0.05) is 12.5 Å². The molecule has 0 unspecified atom stereocenters. The fourth-order valence-electron chi connectivity index (χ4n) is 2.48. The molecule has 0 saturated carbocycles. The molecule has 1 aliphatic carbocycles. The molecule has 18 heavy (non-hydrogen) atoms. The summed E-state index contributed by atoms with van der Waals surface area (Å²) in [5, 5.41) is 13.8. The number of carbonyl (C=O) groups excluding carboxylic acids is 1. The van der Waals surface area contributed by atoms with E-state index in [2.05, 4.69) is 5.32 Å². The van der Waals surface area contributed by atoms with Crippen LogP contribution in [0.15, 0.2) is 12.1 Å². The molecule has 1 N–H and O–H groups in total. The van der Waals surface area contributed by atoms with Crippen LogP contribution in [-0.4, -0.2) is 10.8 Å². The number of nitro benzene ring substituents is 1. The molecule has 5 nitrogen and oxygen atoms in total. The van der Waals surface area contributed by atoms with Gasteiger partial charge in [0.25, 0.3) is 5.69 Å². The van der Waals surface area contributed by atoms with Gasteiger partial charge in [-0.2, -0.15) is 0 Å². The molecule has 0 saturated heterocycles. The van der Waals surface area contributed by atoms with Gasteiger partial charge < -0.3 is 5.32 Å². The van der Waals surface area contributed by atoms with Crippen molar-refractivity contribution in [3.05, 3.63) is 33.4 Å². The normalized spacial score (nSPS) is 14.5. The Labute approximate surface area is 105 Å². The molecule has 1 aromatic carbocycles. The lowest BCUT2D eigenvalue weighted by atomic mass is 9.99. The maximum atomic E-state index is 11.2. The van der Waals surface area contributed by atoms with E-state index in [-0.39, 0.29) is 16.5 Å². The Morgan fingerprint density at radius 2 is 2.00 bits per heavy atom. The highest BCUT2D eigenvalue weighted by atomic mass is 16.6. The summed E-state index contributed by atoms with van der Waals surface area (Å²) in [4.78, 5) is 22.0. The number of hydrogen-bond donors (Lipinski definition) is 1. The van der Waals surface area contributed by atoms with Crippen LogP contribution in [0.5, 0.6) is 0 Å². The third kappa shape index (κ3) is 2.50. The van der Waals surface area contributed by atoms with Gasteiger partial charge in [-0.3, -0.25) is 14.9 Å². The minimum absolute atomic E-state index is 0.0737. The maximum Gasteiger partial charge on any atom is 0.296 e. The van der Waals surface area contributed by atoms with Gasteiger partial charge in [-0.25, -0.2) is 0 Å². The lowest BCUT2D eigenvalue weighted by molar-refractivity contribution is -0.384. The highest BCUT2D eigenvalue weighted by Crippen LogP contribution is 2.35. The van der Waals surface area contributed by atoms with Crippen molar-refractivity contribution in [1.29, 1.82) is 0 Å². The maximum absolute atomic E-state index is 11.2. The van der Waals surface area contributed by atoms with Crippen molar-refractivity contribution in [1.82, 2.24) is 0 Å². The second-order valence-electron chi connectivity index (χ2n) is 4.60. The van der Waals surface area contributed by atoms with Gasteiger partial charge in [0.15, 0.2) is 0 Å².